The smallest absolute Gasteiger partial charge is 0.254 e. The average molecular weight is 264 g/mol. The van der Waals surface area contributed by atoms with Gasteiger partial charge >= 0.3 is 0 Å². The van der Waals surface area contributed by atoms with Crippen molar-refractivity contribution < 1.29 is 17.9 Å². The molecule has 1 fully saturated rings. The number of methoxy groups -OCH3 is 1. The Labute approximate surface area is 102 Å². The van der Waals surface area contributed by atoms with E-state index in [1.165, 1.54) is 12.0 Å². The number of hydrogen-bond acceptors (Lipinski definition) is 4. The van der Waals surface area contributed by atoms with Gasteiger partial charge in [-0.25, -0.2) is 13.6 Å². The van der Waals surface area contributed by atoms with Gasteiger partial charge in [-0.3, -0.25) is 4.79 Å². The van der Waals surface area contributed by atoms with Crippen molar-refractivity contribution in [2.75, 3.05) is 20.2 Å². The molecule has 7 heteroatoms. The first-order valence-electron chi connectivity index (χ1n) is 5.54. The summed E-state index contributed by atoms with van der Waals surface area (Å²) in [6.07, 6.45) is 1.16. The molecule has 1 heterocycles. The van der Waals surface area contributed by atoms with Crippen molar-refractivity contribution in [3.63, 3.8) is 0 Å². The number of likely N-dealkylation sites (tertiary alicyclic amines) is 1. The Balaban J connectivity index is 2.78. The van der Waals surface area contributed by atoms with Crippen LogP contribution < -0.4 is 5.14 Å². The summed E-state index contributed by atoms with van der Waals surface area (Å²) in [4.78, 5) is 13.6. The second kappa shape index (κ2) is 4.91. The van der Waals surface area contributed by atoms with Crippen LogP contribution in [0.3, 0.4) is 0 Å². The van der Waals surface area contributed by atoms with Crippen molar-refractivity contribution in [1.82, 2.24) is 4.90 Å². The molecule has 1 saturated heterocycles. The van der Waals surface area contributed by atoms with Crippen LogP contribution in [0.2, 0.25) is 0 Å². The van der Waals surface area contributed by atoms with Gasteiger partial charge in [0, 0.05) is 20.2 Å². The molecule has 0 spiro atoms. The van der Waals surface area contributed by atoms with E-state index in [4.69, 9.17) is 9.88 Å². The highest BCUT2D eigenvalue weighted by molar-refractivity contribution is 7.89. The molecule has 17 heavy (non-hydrogen) atoms. The molecule has 0 bridgehead atoms. The van der Waals surface area contributed by atoms with E-state index in [2.05, 4.69) is 0 Å². The lowest BCUT2D eigenvalue weighted by Gasteiger charge is -2.36. The molecular formula is C10H20N2O4S. The Bertz CT molecular complexity index is 391. The number of hydrogen-bond donors (Lipinski definition) is 1. The third kappa shape index (κ3) is 3.40. The van der Waals surface area contributed by atoms with Crippen LogP contribution in [0.5, 0.6) is 0 Å². The maximum atomic E-state index is 12.1. The predicted molar refractivity (Wildman–Crippen MR) is 63.8 cm³/mol. The first-order chi connectivity index (χ1) is 7.68. The largest absolute Gasteiger partial charge is 0.369 e. The lowest BCUT2D eigenvalue weighted by molar-refractivity contribution is -0.151. The van der Waals surface area contributed by atoms with Crippen LogP contribution in [-0.4, -0.2) is 50.3 Å². The molecule has 0 aromatic heterocycles. The molecule has 1 aliphatic heterocycles. The number of rotatable bonds is 3. The van der Waals surface area contributed by atoms with Gasteiger partial charge in [0.05, 0.1) is 5.25 Å². The van der Waals surface area contributed by atoms with Crippen LogP contribution in [0.4, 0.5) is 0 Å². The molecular weight excluding hydrogens is 244 g/mol. The lowest BCUT2D eigenvalue weighted by Crippen LogP contribution is -2.53. The van der Waals surface area contributed by atoms with Gasteiger partial charge in [0.15, 0.2) is 0 Å². The molecule has 0 aromatic rings. The highest BCUT2D eigenvalue weighted by Gasteiger charge is 2.36. The van der Waals surface area contributed by atoms with Crippen molar-refractivity contribution in [3.8, 4) is 0 Å². The molecule has 1 unspecified atom stereocenters. The van der Waals surface area contributed by atoms with Gasteiger partial charge in [-0.1, -0.05) is 0 Å². The summed E-state index contributed by atoms with van der Waals surface area (Å²) < 4.78 is 27.7. The van der Waals surface area contributed by atoms with Crippen molar-refractivity contribution in [3.05, 3.63) is 0 Å². The van der Waals surface area contributed by atoms with Crippen LogP contribution in [-0.2, 0) is 19.6 Å². The summed E-state index contributed by atoms with van der Waals surface area (Å²) in [5.41, 5.74) is -0.930. The standard InChI is InChI=1S/C10H20N2O4S/c1-10(2,16-3)9(13)12-6-4-5-8(7-12)17(11,14)15/h8H,4-7H2,1-3H3,(H2,11,14,15). The Morgan fingerprint density at radius 2 is 2.06 bits per heavy atom. The summed E-state index contributed by atoms with van der Waals surface area (Å²) in [7, 11) is -2.12. The SMILES string of the molecule is COC(C)(C)C(=O)N1CCCC(S(N)(=O)=O)C1. The minimum absolute atomic E-state index is 0.157. The Hall–Kier alpha value is -0.660. The van der Waals surface area contributed by atoms with E-state index in [1.54, 1.807) is 13.8 Å². The van der Waals surface area contributed by atoms with E-state index in [9.17, 15) is 13.2 Å². The normalized spacial score (nSPS) is 22.6. The summed E-state index contributed by atoms with van der Waals surface area (Å²) in [6, 6.07) is 0. The fraction of sp³-hybridized carbons (Fsp3) is 0.900. The fourth-order valence-electron chi connectivity index (χ4n) is 1.86. The average Bonchev–Trinajstić information content (AvgIpc) is 2.27. The highest BCUT2D eigenvalue weighted by Crippen LogP contribution is 2.20. The molecule has 1 atom stereocenters. The van der Waals surface area contributed by atoms with E-state index in [1.807, 2.05) is 0 Å². The van der Waals surface area contributed by atoms with Crippen LogP contribution in [0.1, 0.15) is 26.7 Å². The van der Waals surface area contributed by atoms with Gasteiger partial charge in [-0.15, -0.1) is 0 Å². The molecule has 0 aromatic carbocycles. The van der Waals surface area contributed by atoms with Crippen molar-refractivity contribution in [2.45, 2.75) is 37.5 Å². The topological polar surface area (TPSA) is 89.7 Å². The number of piperidine rings is 1. The van der Waals surface area contributed by atoms with Crippen LogP contribution in [0.15, 0.2) is 0 Å². The number of carbonyl (C=O) groups excluding carboxylic acids is 1. The van der Waals surface area contributed by atoms with Gasteiger partial charge in [0.2, 0.25) is 10.0 Å². The van der Waals surface area contributed by atoms with Crippen molar-refractivity contribution in [2.24, 2.45) is 5.14 Å². The maximum Gasteiger partial charge on any atom is 0.254 e. The maximum absolute atomic E-state index is 12.1. The van der Waals surface area contributed by atoms with E-state index >= 15 is 0 Å². The monoisotopic (exact) mass is 264 g/mol. The van der Waals surface area contributed by atoms with Crippen molar-refractivity contribution in [1.29, 1.82) is 0 Å². The number of amides is 1. The molecule has 0 aliphatic carbocycles. The molecule has 1 aliphatic rings. The molecule has 0 radical (unpaired) electrons. The Kier molecular flexibility index (Phi) is 4.16. The first-order valence-corrected chi connectivity index (χ1v) is 7.15. The Morgan fingerprint density at radius 3 is 2.53 bits per heavy atom. The minimum Gasteiger partial charge on any atom is -0.369 e. The van der Waals surface area contributed by atoms with E-state index in [0.29, 0.717) is 19.4 Å². The summed E-state index contributed by atoms with van der Waals surface area (Å²) >= 11 is 0. The predicted octanol–water partition coefficient (Wildman–Crippen LogP) is -0.309. The number of nitrogens with two attached hydrogens (primary N) is 1. The van der Waals surface area contributed by atoms with E-state index in [0.717, 1.165) is 0 Å². The molecule has 0 saturated carbocycles. The zero-order valence-electron chi connectivity index (χ0n) is 10.5. The molecule has 1 amide bonds. The zero-order chi connectivity index (χ0) is 13.3. The second-order valence-electron chi connectivity index (χ2n) is 4.82. The highest BCUT2D eigenvalue weighted by atomic mass is 32.2. The van der Waals surface area contributed by atoms with Gasteiger partial charge in [-0.2, -0.15) is 0 Å². The first kappa shape index (κ1) is 14.4. The van der Waals surface area contributed by atoms with Gasteiger partial charge < -0.3 is 9.64 Å². The third-order valence-electron chi connectivity index (χ3n) is 3.16. The number of nitrogens with zero attached hydrogens (tertiary/aromatic N) is 1. The summed E-state index contributed by atoms with van der Waals surface area (Å²) in [5.74, 6) is -0.201. The van der Waals surface area contributed by atoms with E-state index in [-0.39, 0.29) is 12.5 Å². The number of ether oxygens (including phenoxy) is 1. The van der Waals surface area contributed by atoms with Gasteiger partial charge in [0.1, 0.15) is 5.60 Å². The summed E-state index contributed by atoms with van der Waals surface area (Å²) in [5, 5.41) is 4.46. The van der Waals surface area contributed by atoms with Gasteiger partial charge in [0.25, 0.3) is 5.91 Å². The van der Waals surface area contributed by atoms with Gasteiger partial charge in [-0.05, 0) is 26.7 Å². The molecule has 1 rings (SSSR count). The molecule has 100 valence electrons. The Morgan fingerprint density at radius 1 is 1.47 bits per heavy atom. The second-order valence-corrected chi connectivity index (χ2v) is 6.66. The number of carbonyl (C=O) groups is 1. The lowest BCUT2D eigenvalue weighted by atomic mass is 10.0. The number of sulfonamides is 1. The fourth-order valence-corrected chi connectivity index (χ4v) is 2.74. The third-order valence-corrected chi connectivity index (χ3v) is 4.47. The van der Waals surface area contributed by atoms with Crippen LogP contribution in [0, 0.1) is 0 Å². The van der Waals surface area contributed by atoms with E-state index < -0.39 is 20.9 Å². The summed E-state index contributed by atoms with van der Waals surface area (Å²) in [6.45, 7) is 4.04. The quantitative estimate of drug-likeness (QED) is 0.757. The molecule has 2 N–H and O–H groups in total. The van der Waals surface area contributed by atoms with Crippen LogP contribution in [0.25, 0.3) is 0 Å². The number of primary sulfonamides is 1. The zero-order valence-corrected chi connectivity index (χ0v) is 11.3. The van der Waals surface area contributed by atoms with Crippen molar-refractivity contribution >= 4 is 15.9 Å². The molecule has 6 nitrogen and oxygen atoms in total. The van der Waals surface area contributed by atoms with Crippen LogP contribution >= 0.6 is 0 Å². The minimum atomic E-state index is -3.58.